The van der Waals surface area contributed by atoms with Crippen molar-refractivity contribution in [3.05, 3.63) is 0 Å². The smallest absolute Gasteiger partial charge is 0.217 e. The van der Waals surface area contributed by atoms with Crippen molar-refractivity contribution in [3.8, 4) is 0 Å². The maximum Gasteiger partial charge on any atom is 0.217 e. The van der Waals surface area contributed by atoms with E-state index in [2.05, 4.69) is 5.32 Å². The molecule has 11 fully saturated rings. The van der Waals surface area contributed by atoms with Gasteiger partial charge < -0.3 is 278 Å². The maximum atomic E-state index is 12.8. The predicted molar refractivity (Wildman–Crippen MR) is 374 cm³/mol. The van der Waals surface area contributed by atoms with E-state index in [4.69, 9.17) is 99.5 Å². The minimum Gasteiger partial charge on any atom is -0.394 e. The number of rotatable bonds is 32. The van der Waals surface area contributed by atoms with E-state index in [0.717, 1.165) is 6.92 Å². The summed E-state index contributed by atoms with van der Waals surface area (Å²) in [7, 11) is 0. The Kier molecular flexibility index (Phi) is 36.7. The molecule has 0 aromatic rings. The van der Waals surface area contributed by atoms with E-state index in [1.807, 2.05) is 0 Å². The van der Waals surface area contributed by atoms with E-state index in [9.17, 15) is 178 Å². The van der Waals surface area contributed by atoms with Gasteiger partial charge in [0, 0.05) is 6.92 Å². The number of nitrogens with one attached hydrogen (secondary N) is 1. The number of ether oxygens (including phenoxy) is 21. The van der Waals surface area contributed by atoms with E-state index in [0.29, 0.717) is 0 Å². The molecule has 55 atom stereocenters. The second kappa shape index (κ2) is 44.6. The SMILES string of the molecule is CC(=O)N[C@H]1C(O)O[C@H](CO)[C@@H](O[C@@H]2O[C@H](CO[C@H]3O[C@H](CO[C@H]4O[C@H](CO)[C@@H](O)[C@H](O)[C@@H]4O[C@H]4O[C@H](CO)[C@@H](O)[C@H](O)[C@@H]4O)[C@@H](O)[C@H](O[C@H]4O[C@H](CO)[C@@H](O)[C@H](O)[C@@H]4O)[C@@H]3O)[C@@H](O)[C@H](O[C@H]3O[C@H](CO[C@H]4O[C@H](CO)[C@@H](O)[C@H](O)[C@@H]4O[C@H]4O[C@H](CO)[C@@H](O)[C@H](O)[C@@H]4O)[C@@H](O)[C@H](O)[C@@H]3O[C@H]3O[C@H](CO)[C@@H](O)[C@H](O)[C@@H]3O[C@H]3O[C@H](CO)[C@@H](O)[C@H](O)[C@@H]3O)[C@@H]2O)[C@@H]1O. The number of carbonyl (C=O) groups excluding carboxylic acids is 1. The van der Waals surface area contributed by atoms with Gasteiger partial charge in [-0.1, -0.05) is 0 Å². The van der Waals surface area contributed by atoms with Crippen molar-refractivity contribution < 1.29 is 278 Å². The van der Waals surface area contributed by atoms with Gasteiger partial charge in [-0.15, -0.1) is 0 Å². The van der Waals surface area contributed by atoms with Crippen LogP contribution in [0.4, 0.5) is 0 Å². The van der Waals surface area contributed by atoms with Crippen LogP contribution in [0.3, 0.4) is 0 Å². The Morgan fingerprint density at radius 3 is 0.752 bits per heavy atom. The van der Waals surface area contributed by atoms with Crippen molar-refractivity contribution in [2.75, 3.05) is 72.7 Å². The van der Waals surface area contributed by atoms with Crippen molar-refractivity contribution in [2.45, 2.75) is 345 Å². The number of aliphatic hydroxyl groups is 34. The fourth-order valence-corrected chi connectivity index (χ4v) is 15.9. The lowest BCUT2D eigenvalue weighted by Gasteiger charge is -2.51. The van der Waals surface area contributed by atoms with Crippen molar-refractivity contribution in [1.29, 1.82) is 0 Å². The summed E-state index contributed by atoms with van der Waals surface area (Å²) in [5.74, 6) is -0.919. The largest absolute Gasteiger partial charge is 0.394 e. The molecule has 0 aromatic carbocycles. The first-order valence-corrected chi connectivity index (χ1v) is 39.7. The Morgan fingerprint density at radius 1 is 0.208 bits per heavy atom. The molecular weight excluding hydrogens is 1730 g/mol. The van der Waals surface area contributed by atoms with Crippen LogP contribution in [0.2, 0.25) is 0 Å². The lowest BCUT2D eigenvalue weighted by Crippen LogP contribution is -2.69. The predicted octanol–water partition coefficient (Wildman–Crippen LogP) is -24.8. The van der Waals surface area contributed by atoms with Gasteiger partial charge in [-0.3, -0.25) is 4.79 Å². The van der Waals surface area contributed by atoms with Gasteiger partial charge in [-0.2, -0.15) is 0 Å². The average molecular weight is 1840 g/mol. The van der Waals surface area contributed by atoms with Gasteiger partial charge in [0.25, 0.3) is 0 Å². The Morgan fingerprint density at radius 2 is 0.424 bits per heavy atom. The van der Waals surface area contributed by atoms with Crippen molar-refractivity contribution in [3.63, 3.8) is 0 Å². The van der Waals surface area contributed by atoms with Crippen LogP contribution in [0.5, 0.6) is 0 Å². The quantitative estimate of drug-likeness (QED) is 0.0297. The van der Waals surface area contributed by atoms with Crippen LogP contribution in [0.1, 0.15) is 6.92 Å². The van der Waals surface area contributed by atoms with E-state index in [1.165, 1.54) is 0 Å². The molecular formula is C68H115NO56. The Balaban J connectivity index is 0.954. The molecule has 57 nitrogen and oxygen atoms in total. The highest BCUT2D eigenvalue weighted by molar-refractivity contribution is 5.73. The van der Waals surface area contributed by atoms with Crippen LogP contribution in [-0.4, -0.2) is 590 Å². The molecule has 11 aliphatic rings. The second-order valence-corrected chi connectivity index (χ2v) is 31.7. The van der Waals surface area contributed by atoms with Crippen LogP contribution in [0, 0.1) is 0 Å². The number of hydrogen-bond donors (Lipinski definition) is 35. The third-order valence-corrected chi connectivity index (χ3v) is 23.4. The Hall–Kier alpha value is -2.73. The number of hydrogen-bond acceptors (Lipinski definition) is 56. The van der Waals surface area contributed by atoms with Gasteiger partial charge in [-0.05, 0) is 0 Å². The van der Waals surface area contributed by atoms with Gasteiger partial charge in [0.2, 0.25) is 5.91 Å². The van der Waals surface area contributed by atoms with Gasteiger partial charge in [0.1, 0.15) is 269 Å². The summed E-state index contributed by atoms with van der Waals surface area (Å²) in [5.41, 5.74) is 0. The molecule has 11 saturated heterocycles. The standard InChI is InChI=1S/C68H115NO56/c1-13(78)69-25-36(89)51(21(9-77)108-58(25)104)119-64-50(103)53(35(88)24(117-64)11-105-59-49(102)52(120-60-45(98)37(90)26(79)14(2-70)109-60)34(87)23(116-59)12-107-66-55(42(95)31(84)19(7-75)114-66)123-62-47(100)39(92)28(81)16(4-72)111-62)121-68-57(125-67-56(43(96)32(85)20(8-76)115-67)124-63-48(101)40(93)29(82)17(5-73)112-63)44(97)33(86)22(118-68)10-106-65-54(41(94)30(83)18(6-74)113-65)122-61-46(99)38(91)27(80)15(3-71)110-61/h14-68,70-77,79-104H,2-12H2,1H3,(H,69,78)/t14-,15-,16-,17-,18-,19-,20-,21-,22-,23-,24-,25-,26-,27-,28-,29-,30-,31-,32-,33-,34-,35-,36-,37+,38+,39+,40+,41+,42+,43+,44+,45+,46+,47+,48+,49+,50+,51-,52+,53+,54+,55+,56+,57+,58?,59+,60-,61-,62-,63-,64+,65+,66+,67-,68-/m1/s1. The first kappa shape index (κ1) is 103. The average Bonchev–Trinajstić information content (AvgIpc) is 0.760. The van der Waals surface area contributed by atoms with E-state index in [-0.39, 0.29) is 0 Å². The summed E-state index contributed by atoms with van der Waals surface area (Å²) in [4.78, 5) is 12.5. The second-order valence-electron chi connectivity index (χ2n) is 31.7. The number of amides is 1. The Labute approximate surface area is 704 Å². The zero-order chi connectivity index (χ0) is 91.7. The van der Waals surface area contributed by atoms with Crippen LogP contribution in [-0.2, 0) is 104 Å². The summed E-state index contributed by atoms with van der Waals surface area (Å²) in [6.07, 6.45) is -119. The van der Waals surface area contributed by atoms with E-state index >= 15 is 0 Å². The van der Waals surface area contributed by atoms with Crippen LogP contribution in [0.25, 0.3) is 0 Å². The van der Waals surface area contributed by atoms with Crippen molar-refractivity contribution >= 4 is 5.91 Å². The van der Waals surface area contributed by atoms with E-state index < -0.39 is 416 Å². The number of carbonyl (C=O) groups is 1. The van der Waals surface area contributed by atoms with Crippen LogP contribution >= 0.6 is 0 Å². The van der Waals surface area contributed by atoms with Crippen LogP contribution < -0.4 is 5.32 Å². The summed E-state index contributed by atoms with van der Waals surface area (Å²) in [6.45, 7) is -11.6. The van der Waals surface area contributed by atoms with Crippen molar-refractivity contribution in [2.24, 2.45) is 0 Å². The summed E-state index contributed by atoms with van der Waals surface area (Å²) in [6, 6.07) is -1.87. The summed E-state index contributed by atoms with van der Waals surface area (Å²) >= 11 is 0. The lowest BCUT2D eigenvalue weighted by molar-refractivity contribution is -0.410. The highest BCUT2D eigenvalue weighted by atomic mass is 16.8. The molecule has 0 aromatic heterocycles. The molecule has 35 N–H and O–H groups in total. The van der Waals surface area contributed by atoms with E-state index in [1.54, 1.807) is 0 Å². The van der Waals surface area contributed by atoms with Gasteiger partial charge >= 0.3 is 0 Å². The molecule has 0 bridgehead atoms. The highest BCUT2D eigenvalue weighted by Gasteiger charge is 2.62. The first-order valence-electron chi connectivity index (χ1n) is 39.7. The van der Waals surface area contributed by atoms with Crippen molar-refractivity contribution in [1.82, 2.24) is 5.32 Å². The summed E-state index contributed by atoms with van der Waals surface area (Å²) in [5, 5.41) is 379. The van der Waals surface area contributed by atoms with Crippen LogP contribution in [0.15, 0.2) is 0 Å². The molecule has 11 aliphatic heterocycles. The molecule has 1 amide bonds. The third-order valence-electron chi connectivity index (χ3n) is 23.4. The van der Waals surface area contributed by atoms with Gasteiger partial charge in [-0.25, -0.2) is 0 Å². The topological polar surface area (TPSA) is 911 Å². The Bertz CT molecular complexity index is 3250. The molecule has 0 spiro atoms. The lowest BCUT2D eigenvalue weighted by atomic mass is 9.94. The van der Waals surface area contributed by atoms with Gasteiger partial charge in [0.05, 0.1) is 72.7 Å². The zero-order valence-corrected chi connectivity index (χ0v) is 65.7. The fourth-order valence-electron chi connectivity index (χ4n) is 15.9. The molecule has 728 valence electrons. The zero-order valence-electron chi connectivity index (χ0n) is 65.7. The molecule has 0 saturated carbocycles. The fraction of sp³-hybridized carbons (Fsp3) is 0.985. The highest BCUT2D eigenvalue weighted by Crippen LogP contribution is 2.41. The molecule has 57 heteroatoms. The monoisotopic (exact) mass is 1840 g/mol. The maximum absolute atomic E-state index is 12.8. The first-order chi connectivity index (χ1) is 59.2. The molecule has 11 heterocycles. The minimum absolute atomic E-state index is 0.919. The van der Waals surface area contributed by atoms with Gasteiger partial charge in [0.15, 0.2) is 69.2 Å². The summed E-state index contributed by atoms with van der Waals surface area (Å²) < 4.78 is 123. The molecule has 125 heavy (non-hydrogen) atoms. The molecule has 11 rings (SSSR count). The normalized spacial score (nSPS) is 52.7. The third kappa shape index (κ3) is 22.0. The minimum atomic E-state index is -2.70. The molecule has 0 aliphatic carbocycles. The molecule has 0 radical (unpaired) electrons. The number of aliphatic hydroxyl groups excluding tert-OH is 34. The molecule has 1 unspecified atom stereocenters.